The standard InChI is InChI=1S/C56H109NO8/c1-3-5-7-9-11-13-15-17-18-19-20-21-22-23-24-25-26-27-28-29-30-31-32-33-34-36-38-40-42-44-46-52(60)57-49(48-64-56-55(63)54(62)53(61)51(47-58)65-56)50(59)45-43-41-39-37-35-16-14-12-10-8-6-4-2/h43,45,49-51,53-56,58-59,61-63H,3-42,44,46-48H2,1-2H3,(H,57,60)/b45-43+/t49-,50+,51+,53-,54?,55?,56+/m0/s1. The number of carbonyl (C=O) groups excluding carboxylic acids is 1. The van der Waals surface area contributed by atoms with Gasteiger partial charge in [0, 0.05) is 6.42 Å². The lowest BCUT2D eigenvalue weighted by Gasteiger charge is -2.40. The molecule has 0 saturated carbocycles. The van der Waals surface area contributed by atoms with Gasteiger partial charge in [-0.15, -0.1) is 0 Å². The highest BCUT2D eigenvalue weighted by molar-refractivity contribution is 5.76. The van der Waals surface area contributed by atoms with Crippen LogP contribution in [0.5, 0.6) is 0 Å². The highest BCUT2D eigenvalue weighted by atomic mass is 16.7. The highest BCUT2D eigenvalue weighted by Gasteiger charge is 2.44. The summed E-state index contributed by atoms with van der Waals surface area (Å²) in [6.45, 7) is 3.80. The van der Waals surface area contributed by atoms with Crippen LogP contribution in [0, 0.1) is 0 Å². The molecule has 65 heavy (non-hydrogen) atoms. The second-order valence-electron chi connectivity index (χ2n) is 20.1. The number of nitrogens with one attached hydrogen (secondary N) is 1. The highest BCUT2D eigenvalue weighted by Crippen LogP contribution is 2.23. The van der Waals surface area contributed by atoms with Crippen molar-refractivity contribution in [2.45, 2.75) is 326 Å². The lowest BCUT2D eigenvalue weighted by Crippen LogP contribution is -2.60. The molecule has 0 aromatic carbocycles. The Morgan fingerprint density at radius 3 is 1.20 bits per heavy atom. The predicted octanol–water partition coefficient (Wildman–Crippen LogP) is 13.6. The summed E-state index contributed by atoms with van der Waals surface area (Å²) in [6, 6.07) is -0.799. The van der Waals surface area contributed by atoms with E-state index in [0.717, 1.165) is 38.5 Å². The second kappa shape index (κ2) is 46.6. The van der Waals surface area contributed by atoms with Gasteiger partial charge in [0.2, 0.25) is 5.91 Å². The van der Waals surface area contributed by atoms with Gasteiger partial charge in [-0.3, -0.25) is 4.79 Å². The third-order valence-electron chi connectivity index (χ3n) is 13.9. The van der Waals surface area contributed by atoms with Gasteiger partial charge in [-0.2, -0.15) is 0 Å². The van der Waals surface area contributed by atoms with Crippen LogP contribution in [0.2, 0.25) is 0 Å². The molecule has 0 radical (unpaired) electrons. The van der Waals surface area contributed by atoms with E-state index in [9.17, 15) is 30.3 Å². The van der Waals surface area contributed by atoms with Crippen LogP contribution < -0.4 is 5.32 Å². The fraction of sp³-hybridized carbons (Fsp3) is 0.946. The third kappa shape index (κ3) is 36.6. The maximum Gasteiger partial charge on any atom is 0.220 e. The molecule has 0 aliphatic carbocycles. The van der Waals surface area contributed by atoms with Crippen molar-refractivity contribution in [2.24, 2.45) is 0 Å². The molecule has 9 heteroatoms. The molecule has 2 unspecified atom stereocenters. The molecule has 1 heterocycles. The van der Waals surface area contributed by atoms with Crippen molar-refractivity contribution in [2.75, 3.05) is 13.2 Å². The number of amides is 1. The van der Waals surface area contributed by atoms with Gasteiger partial charge in [-0.25, -0.2) is 0 Å². The minimum Gasteiger partial charge on any atom is -0.394 e. The topological polar surface area (TPSA) is 149 Å². The fourth-order valence-electron chi connectivity index (χ4n) is 9.34. The Hall–Kier alpha value is -1.07. The van der Waals surface area contributed by atoms with E-state index in [1.807, 2.05) is 6.08 Å². The molecule has 0 bridgehead atoms. The van der Waals surface area contributed by atoms with E-state index in [-0.39, 0.29) is 12.5 Å². The zero-order chi connectivity index (χ0) is 47.3. The molecular weight excluding hydrogens is 815 g/mol. The van der Waals surface area contributed by atoms with Gasteiger partial charge in [-0.1, -0.05) is 270 Å². The molecule has 6 N–H and O–H groups in total. The van der Waals surface area contributed by atoms with E-state index in [1.54, 1.807) is 6.08 Å². The zero-order valence-electron chi connectivity index (χ0n) is 42.8. The van der Waals surface area contributed by atoms with Crippen molar-refractivity contribution in [3.05, 3.63) is 12.2 Å². The van der Waals surface area contributed by atoms with Gasteiger partial charge < -0.3 is 40.3 Å². The lowest BCUT2D eigenvalue weighted by atomic mass is 9.99. The summed E-state index contributed by atoms with van der Waals surface area (Å²) in [6.07, 6.45) is 50.1. The first-order valence-electron chi connectivity index (χ1n) is 28.4. The fourth-order valence-corrected chi connectivity index (χ4v) is 9.34. The average Bonchev–Trinajstić information content (AvgIpc) is 3.31. The molecule has 386 valence electrons. The van der Waals surface area contributed by atoms with Crippen LogP contribution in [0.3, 0.4) is 0 Å². The van der Waals surface area contributed by atoms with E-state index < -0.39 is 49.5 Å². The molecule has 1 aliphatic heterocycles. The second-order valence-corrected chi connectivity index (χ2v) is 20.1. The Morgan fingerprint density at radius 1 is 0.508 bits per heavy atom. The van der Waals surface area contributed by atoms with Crippen LogP contribution in [0.15, 0.2) is 12.2 Å². The first-order valence-corrected chi connectivity index (χ1v) is 28.4. The van der Waals surface area contributed by atoms with Crippen LogP contribution in [0.25, 0.3) is 0 Å². The molecular formula is C56H109NO8. The number of hydrogen-bond acceptors (Lipinski definition) is 8. The number of aliphatic hydroxyl groups is 5. The van der Waals surface area contributed by atoms with Crippen molar-refractivity contribution in [1.82, 2.24) is 5.32 Å². The molecule has 1 amide bonds. The summed E-state index contributed by atoms with van der Waals surface area (Å²) in [5, 5.41) is 54.3. The van der Waals surface area contributed by atoms with Gasteiger partial charge in [0.25, 0.3) is 0 Å². The summed E-state index contributed by atoms with van der Waals surface area (Å²) in [4.78, 5) is 13.0. The minimum absolute atomic E-state index is 0.172. The molecule has 0 aromatic rings. The number of aliphatic hydroxyl groups excluding tert-OH is 5. The Balaban J connectivity index is 2.11. The van der Waals surface area contributed by atoms with E-state index >= 15 is 0 Å². The summed E-state index contributed by atoms with van der Waals surface area (Å²) >= 11 is 0. The zero-order valence-corrected chi connectivity index (χ0v) is 42.8. The Kier molecular flexibility index (Phi) is 44.5. The molecule has 0 spiro atoms. The molecule has 7 atom stereocenters. The first-order chi connectivity index (χ1) is 31.8. The summed E-state index contributed by atoms with van der Waals surface area (Å²) in [5.41, 5.74) is 0. The van der Waals surface area contributed by atoms with E-state index in [4.69, 9.17) is 9.47 Å². The van der Waals surface area contributed by atoms with Crippen molar-refractivity contribution in [1.29, 1.82) is 0 Å². The van der Waals surface area contributed by atoms with Gasteiger partial charge in [-0.05, 0) is 19.3 Å². The predicted molar refractivity (Wildman–Crippen MR) is 272 cm³/mol. The SMILES string of the molecule is CCCCCCCCCCCC/C=C/[C@@H](O)[C@H](CO[C@@H]1O[C@H](CO)[C@H](O)C(O)C1O)NC(=O)CCCCCCCCCCCCCCCCCCCCCCCCCCCCCCCC. The van der Waals surface area contributed by atoms with Crippen molar-refractivity contribution >= 4 is 5.91 Å². The summed E-state index contributed by atoms with van der Waals surface area (Å²) < 4.78 is 11.2. The lowest BCUT2D eigenvalue weighted by molar-refractivity contribution is -0.302. The number of hydrogen-bond donors (Lipinski definition) is 6. The van der Waals surface area contributed by atoms with Gasteiger partial charge >= 0.3 is 0 Å². The minimum atomic E-state index is -1.56. The number of ether oxygens (including phenoxy) is 2. The van der Waals surface area contributed by atoms with Gasteiger partial charge in [0.05, 0.1) is 25.4 Å². The number of unbranched alkanes of at least 4 members (excludes halogenated alkanes) is 39. The maximum atomic E-state index is 13.0. The molecule has 0 aromatic heterocycles. The molecule has 1 rings (SSSR count). The van der Waals surface area contributed by atoms with E-state index in [0.29, 0.717) is 6.42 Å². The molecule has 1 aliphatic rings. The van der Waals surface area contributed by atoms with Gasteiger partial charge in [0.15, 0.2) is 6.29 Å². The third-order valence-corrected chi connectivity index (χ3v) is 13.9. The van der Waals surface area contributed by atoms with Crippen LogP contribution in [0.4, 0.5) is 0 Å². The van der Waals surface area contributed by atoms with Crippen molar-refractivity contribution in [3.8, 4) is 0 Å². The largest absolute Gasteiger partial charge is 0.394 e. The number of rotatable bonds is 49. The first kappa shape index (κ1) is 61.9. The van der Waals surface area contributed by atoms with Crippen LogP contribution in [-0.4, -0.2) is 87.5 Å². The van der Waals surface area contributed by atoms with E-state index in [1.165, 1.54) is 225 Å². The maximum absolute atomic E-state index is 13.0. The Morgan fingerprint density at radius 2 is 0.846 bits per heavy atom. The quantitative estimate of drug-likeness (QED) is 0.0261. The normalized spacial score (nSPS) is 19.9. The van der Waals surface area contributed by atoms with Crippen LogP contribution in [-0.2, 0) is 14.3 Å². The summed E-state index contributed by atoms with van der Waals surface area (Å²) in [5.74, 6) is -0.172. The summed E-state index contributed by atoms with van der Waals surface area (Å²) in [7, 11) is 0. The molecule has 1 fully saturated rings. The Bertz CT molecular complexity index is 1030. The number of carbonyl (C=O) groups is 1. The molecule has 1 saturated heterocycles. The van der Waals surface area contributed by atoms with Crippen LogP contribution in [0.1, 0.15) is 284 Å². The monoisotopic (exact) mass is 924 g/mol. The average molecular weight is 924 g/mol. The smallest absolute Gasteiger partial charge is 0.220 e. The van der Waals surface area contributed by atoms with Crippen LogP contribution >= 0.6 is 0 Å². The Labute approximate surface area is 401 Å². The van der Waals surface area contributed by atoms with Crippen molar-refractivity contribution < 1.29 is 39.8 Å². The van der Waals surface area contributed by atoms with Crippen molar-refractivity contribution in [3.63, 3.8) is 0 Å². The number of allylic oxidation sites excluding steroid dienone is 1. The molecule has 9 nitrogen and oxygen atoms in total. The van der Waals surface area contributed by atoms with E-state index in [2.05, 4.69) is 19.2 Å². The van der Waals surface area contributed by atoms with Gasteiger partial charge in [0.1, 0.15) is 24.4 Å².